The summed E-state index contributed by atoms with van der Waals surface area (Å²) in [6.07, 6.45) is 0. The highest BCUT2D eigenvalue weighted by molar-refractivity contribution is 5.64. The number of anilines is 2. The zero-order valence-electron chi connectivity index (χ0n) is 9.87. The number of rotatable bonds is 3. The fourth-order valence-electron chi connectivity index (χ4n) is 1.67. The van der Waals surface area contributed by atoms with Gasteiger partial charge in [0, 0.05) is 13.6 Å². The Morgan fingerprint density at radius 3 is 2.53 bits per heavy atom. The van der Waals surface area contributed by atoms with E-state index in [1.54, 1.807) is 16.8 Å². The Hall–Kier alpha value is -2.04. The number of halogens is 1. The van der Waals surface area contributed by atoms with Crippen molar-refractivity contribution in [3.8, 4) is 0 Å². The molecule has 17 heavy (non-hydrogen) atoms. The van der Waals surface area contributed by atoms with Crippen LogP contribution in [0.25, 0.3) is 0 Å². The number of nitrogen functional groups attached to an aromatic ring is 1. The molecular weight excluding hydrogens is 219 g/mol. The maximum absolute atomic E-state index is 12.7. The monoisotopic (exact) mass is 234 g/mol. The second-order valence-corrected chi connectivity index (χ2v) is 3.95. The average Bonchev–Trinajstić information content (AvgIpc) is 2.54. The molecule has 1 aromatic carbocycles. The number of benzene rings is 1. The Labute approximate surface area is 99.2 Å². The van der Waals surface area contributed by atoms with E-state index < -0.39 is 0 Å². The molecule has 5 heteroatoms. The van der Waals surface area contributed by atoms with E-state index in [1.165, 1.54) is 12.1 Å². The van der Waals surface area contributed by atoms with Gasteiger partial charge in [0.2, 0.25) is 0 Å². The molecule has 4 nitrogen and oxygen atoms in total. The zero-order valence-corrected chi connectivity index (χ0v) is 9.87. The van der Waals surface area contributed by atoms with Crippen molar-refractivity contribution < 1.29 is 4.39 Å². The Bertz CT molecular complexity index is 516. The van der Waals surface area contributed by atoms with Crippen LogP contribution in [-0.2, 0) is 13.6 Å². The molecule has 0 radical (unpaired) electrons. The van der Waals surface area contributed by atoms with Crippen LogP contribution in [-0.4, -0.2) is 9.78 Å². The van der Waals surface area contributed by atoms with Gasteiger partial charge in [-0.05, 0) is 24.6 Å². The van der Waals surface area contributed by atoms with Gasteiger partial charge in [0.15, 0.2) is 0 Å². The number of aromatic nitrogens is 2. The van der Waals surface area contributed by atoms with Crippen LogP contribution in [0.5, 0.6) is 0 Å². The Kier molecular flexibility index (Phi) is 2.99. The first-order valence-electron chi connectivity index (χ1n) is 5.35. The molecule has 0 aliphatic heterocycles. The van der Waals surface area contributed by atoms with Crippen molar-refractivity contribution in [1.82, 2.24) is 9.78 Å². The molecule has 0 aliphatic carbocycles. The van der Waals surface area contributed by atoms with Gasteiger partial charge in [0.1, 0.15) is 11.6 Å². The Balaban J connectivity index is 2.09. The fourth-order valence-corrected chi connectivity index (χ4v) is 1.67. The molecular formula is C12H15FN4. The van der Waals surface area contributed by atoms with Gasteiger partial charge in [0.25, 0.3) is 0 Å². The average molecular weight is 234 g/mol. The van der Waals surface area contributed by atoms with Crippen LogP contribution in [0.4, 0.5) is 15.9 Å². The zero-order chi connectivity index (χ0) is 12.4. The minimum absolute atomic E-state index is 0.232. The standard InChI is InChI=1S/C12H15FN4/c1-8-11(14)12(17(2)16-8)15-7-9-3-5-10(13)6-4-9/h3-6,15H,7,14H2,1-2H3. The third kappa shape index (κ3) is 2.38. The summed E-state index contributed by atoms with van der Waals surface area (Å²) in [6, 6.07) is 6.35. The third-order valence-corrected chi connectivity index (χ3v) is 2.64. The van der Waals surface area contributed by atoms with Crippen molar-refractivity contribution in [1.29, 1.82) is 0 Å². The summed E-state index contributed by atoms with van der Waals surface area (Å²) < 4.78 is 14.4. The van der Waals surface area contributed by atoms with Gasteiger partial charge < -0.3 is 11.1 Å². The summed E-state index contributed by atoms with van der Waals surface area (Å²) in [6.45, 7) is 2.45. The van der Waals surface area contributed by atoms with Crippen LogP contribution in [0.1, 0.15) is 11.3 Å². The molecule has 1 heterocycles. The SMILES string of the molecule is Cc1nn(C)c(NCc2ccc(F)cc2)c1N. The molecule has 0 amide bonds. The number of aryl methyl sites for hydroxylation is 2. The number of nitrogens with one attached hydrogen (secondary N) is 1. The van der Waals surface area contributed by atoms with Crippen LogP contribution >= 0.6 is 0 Å². The molecule has 0 spiro atoms. The first-order chi connectivity index (χ1) is 8.08. The molecule has 0 unspecified atom stereocenters. The second-order valence-electron chi connectivity index (χ2n) is 3.95. The van der Waals surface area contributed by atoms with E-state index in [1.807, 2.05) is 14.0 Å². The predicted molar refractivity (Wildman–Crippen MR) is 66.1 cm³/mol. The Morgan fingerprint density at radius 1 is 1.35 bits per heavy atom. The minimum atomic E-state index is -0.232. The molecule has 0 fully saturated rings. The van der Waals surface area contributed by atoms with Crippen LogP contribution in [0.2, 0.25) is 0 Å². The van der Waals surface area contributed by atoms with Crippen LogP contribution in [0.15, 0.2) is 24.3 Å². The van der Waals surface area contributed by atoms with Crippen LogP contribution in [0, 0.1) is 12.7 Å². The lowest BCUT2D eigenvalue weighted by Gasteiger charge is -2.07. The lowest BCUT2D eigenvalue weighted by atomic mass is 10.2. The van der Waals surface area contributed by atoms with Crippen molar-refractivity contribution in [3.63, 3.8) is 0 Å². The van der Waals surface area contributed by atoms with E-state index in [0.717, 1.165) is 17.1 Å². The van der Waals surface area contributed by atoms with Crippen LogP contribution in [0.3, 0.4) is 0 Å². The van der Waals surface area contributed by atoms with E-state index in [0.29, 0.717) is 12.2 Å². The molecule has 0 atom stereocenters. The van der Waals surface area contributed by atoms with E-state index >= 15 is 0 Å². The lowest BCUT2D eigenvalue weighted by Crippen LogP contribution is -2.06. The molecule has 0 bridgehead atoms. The van der Waals surface area contributed by atoms with E-state index in [9.17, 15) is 4.39 Å². The normalized spacial score (nSPS) is 10.5. The van der Waals surface area contributed by atoms with Crippen molar-refractivity contribution >= 4 is 11.5 Å². The molecule has 2 aromatic rings. The maximum atomic E-state index is 12.7. The summed E-state index contributed by atoms with van der Waals surface area (Å²) in [4.78, 5) is 0. The van der Waals surface area contributed by atoms with Gasteiger partial charge in [-0.1, -0.05) is 12.1 Å². The summed E-state index contributed by atoms with van der Waals surface area (Å²) >= 11 is 0. The molecule has 0 aliphatic rings. The van der Waals surface area contributed by atoms with Gasteiger partial charge in [-0.15, -0.1) is 0 Å². The van der Waals surface area contributed by atoms with Gasteiger partial charge in [-0.2, -0.15) is 5.10 Å². The molecule has 90 valence electrons. The molecule has 0 saturated heterocycles. The van der Waals surface area contributed by atoms with Gasteiger partial charge in [-0.25, -0.2) is 4.39 Å². The summed E-state index contributed by atoms with van der Waals surface area (Å²) in [7, 11) is 1.83. The smallest absolute Gasteiger partial charge is 0.148 e. The van der Waals surface area contributed by atoms with Crippen molar-refractivity contribution in [2.24, 2.45) is 7.05 Å². The fraction of sp³-hybridized carbons (Fsp3) is 0.250. The minimum Gasteiger partial charge on any atom is -0.394 e. The highest BCUT2D eigenvalue weighted by Gasteiger charge is 2.08. The van der Waals surface area contributed by atoms with Crippen LogP contribution < -0.4 is 11.1 Å². The highest BCUT2D eigenvalue weighted by atomic mass is 19.1. The van der Waals surface area contributed by atoms with Gasteiger partial charge >= 0.3 is 0 Å². The van der Waals surface area contributed by atoms with E-state index in [4.69, 9.17) is 5.73 Å². The first kappa shape index (κ1) is 11.4. The maximum Gasteiger partial charge on any atom is 0.148 e. The molecule has 0 saturated carbocycles. The van der Waals surface area contributed by atoms with Crippen molar-refractivity contribution in [3.05, 3.63) is 41.3 Å². The summed E-state index contributed by atoms with van der Waals surface area (Å²) in [5, 5.41) is 7.40. The number of nitrogens with two attached hydrogens (primary N) is 1. The largest absolute Gasteiger partial charge is 0.394 e. The highest BCUT2D eigenvalue weighted by Crippen LogP contribution is 2.21. The van der Waals surface area contributed by atoms with E-state index in [-0.39, 0.29) is 5.82 Å². The predicted octanol–water partition coefficient (Wildman–Crippen LogP) is 2.06. The molecule has 3 N–H and O–H groups in total. The number of hydrogen-bond acceptors (Lipinski definition) is 3. The number of hydrogen-bond donors (Lipinski definition) is 2. The van der Waals surface area contributed by atoms with Crippen molar-refractivity contribution in [2.45, 2.75) is 13.5 Å². The summed E-state index contributed by atoms with van der Waals surface area (Å²) in [5.74, 6) is 0.552. The molecule has 1 aromatic heterocycles. The topological polar surface area (TPSA) is 55.9 Å². The van der Waals surface area contributed by atoms with Gasteiger partial charge in [-0.3, -0.25) is 4.68 Å². The van der Waals surface area contributed by atoms with E-state index in [2.05, 4.69) is 10.4 Å². The summed E-state index contributed by atoms with van der Waals surface area (Å²) in [5.41, 5.74) is 8.32. The van der Waals surface area contributed by atoms with Gasteiger partial charge in [0.05, 0.1) is 11.4 Å². The quantitative estimate of drug-likeness (QED) is 0.854. The second kappa shape index (κ2) is 4.45. The number of nitrogens with zero attached hydrogens (tertiary/aromatic N) is 2. The Morgan fingerprint density at radius 2 is 2.00 bits per heavy atom. The first-order valence-corrected chi connectivity index (χ1v) is 5.35. The third-order valence-electron chi connectivity index (χ3n) is 2.64. The molecule has 2 rings (SSSR count). The lowest BCUT2D eigenvalue weighted by molar-refractivity contribution is 0.627. The van der Waals surface area contributed by atoms with Crippen molar-refractivity contribution in [2.75, 3.05) is 11.1 Å².